The summed E-state index contributed by atoms with van der Waals surface area (Å²) in [5.74, 6) is -0.443. The molecule has 0 heterocycles. The van der Waals surface area contributed by atoms with Gasteiger partial charge in [-0.1, -0.05) is 48.5 Å². The lowest BCUT2D eigenvalue weighted by Gasteiger charge is -2.43. The first-order valence-electron chi connectivity index (χ1n) is 9.08. The number of nitrogens with two attached hydrogens (primary N) is 1. The molecule has 2 aliphatic rings. The Hall–Kier alpha value is -3.55. The molecule has 2 aromatic carbocycles. The van der Waals surface area contributed by atoms with E-state index in [-0.39, 0.29) is 17.5 Å². The largest absolute Gasteiger partial charge is 0.399 e. The van der Waals surface area contributed by atoms with Crippen LogP contribution in [0, 0.1) is 45.3 Å². The molecule has 2 atom stereocenters. The number of hydrogen-bond donors (Lipinski definition) is 1. The van der Waals surface area contributed by atoms with Crippen LogP contribution in [0.1, 0.15) is 30.7 Å². The molecule has 0 spiro atoms. The smallest absolute Gasteiger partial charge is 0.191 e. The second-order valence-electron chi connectivity index (χ2n) is 7.21. The van der Waals surface area contributed by atoms with Crippen LogP contribution in [0.5, 0.6) is 0 Å². The maximum atomic E-state index is 10.0. The Bertz CT molecular complexity index is 1100. The summed E-state index contributed by atoms with van der Waals surface area (Å²) >= 11 is 0. The molecule has 2 aliphatic carbocycles. The zero-order chi connectivity index (χ0) is 19.0. The van der Waals surface area contributed by atoms with Crippen LogP contribution in [-0.4, -0.2) is 0 Å². The molecule has 0 saturated heterocycles. The second kappa shape index (κ2) is 6.31. The van der Waals surface area contributed by atoms with Crippen molar-refractivity contribution < 1.29 is 0 Å². The zero-order valence-corrected chi connectivity index (χ0v) is 14.8. The van der Waals surface area contributed by atoms with E-state index >= 15 is 0 Å². The van der Waals surface area contributed by atoms with E-state index in [4.69, 9.17) is 5.73 Å². The summed E-state index contributed by atoms with van der Waals surface area (Å²) in [6.45, 7) is 0. The van der Waals surface area contributed by atoms with Gasteiger partial charge in [0.05, 0.1) is 23.4 Å². The molecule has 0 unspecified atom stereocenters. The van der Waals surface area contributed by atoms with E-state index in [1.807, 2.05) is 36.4 Å². The number of benzene rings is 2. The molecular formula is C23H18N4. The monoisotopic (exact) mass is 350 g/mol. The number of nitriles is 3. The summed E-state index contributed by atoms with van der Waals surface area (Å²) in [6, 6.07) is 20.6. The minimum atomic E-state index is -1.53. The third kappa shape index (κ3) is 2.33. The molecule has 130 valence electrons. The Kier molecular flexibility index (Phi) is 3.95. The molecule has 27 heavy (non-hydrogen) atoms. The number of fused-ring (bicyclic) bond motifs is 2. The molecule has 0 amide bonds. The lowest BCUT2D eigenvalue weighted by atomic mass is 9.56. The quantitative estimate of drug-likeness (QED) is 0.822. The van der Waals surface area contributed by atoms with Crippen LogP contribution in [-0.2, 0) is 0 Å². The van der Waals surface area contributed by atoms with Crippen molar-refractivity contribution in [2.45, 2.75) is 25.2 Å². The molecular weight excluding hydrogens is 332 g/mol. The highest BCUT2D eigenvalue weighted by Crippen LogP contribution is 2.55. The van der Waals surface area contributed by atoms with E-state index in [2.05, 4.69) is 30.4 Å². The van der Waals surface area contributed by atoms with Crippen molar-refractivity contribution in [3.8, 4) is 18.2 Å². The molecule has 4 heteroatoms. The van der Waals surface area contributed by atoms with Gasteiger partial charge in [-0.3, -0.25) is 0 Å². The van der Waals surface area contributed by atoms with Gasteiger partial charge in [0.1, 0.15) is 6.07 Å². The van der Waals surface area contributed by atoms with Crippen molar-refractivity contribution in [1.29, 1.82) is 15.8 Å². The van der Waals surface area contributed by atoms with Gasteiger partial charge in [-0.05, 0) is 47.1 Å². The Morgan fingerprint density at radius 3 is 2.44 bits per heavy atom. The minimum absolute atomic E-state index is 0.0545. The maximum absolute atomic E-state index is 10.0. The van der Waals surface area contributed by atoms with Gasteiger partial charge >= 0.3 is 0 Å². The predicted molar refractivity (Wildman–Crippen MR) is 103 cm³/mol. The van der Waals surface area contributed by atoms with Crippen molar-refractivity contribution in [2.24, 2.45) is 17.1 Å². The van der Waals surface area contributed by atoms with Crippen molar-refractivity contribution in [2.75, 3.05) is 0 Å². The Morgan fingerprint density at radius 2 is 1.74 bits per heavy atom. The van der Waals surface area contributed by atoms with Gasteiger partial charge in [0, 0.05) is 5.92 Å². The molecule has 4 nitrogen and oxygen atoms in total. The highest BCUT2D eigenvalue weighted by molar-refractivity contribution is 5.83. The molecule has 2 aromatic rings. The Balaban J connectivity index is 2.01. The van der Waals surface area contributed by atoms with Crippen LogP contribution < -0.4 is 5.73 Å². The van der Waals surface area contributed by atoms with Gasteiger partial charge in [0.15, 0.2) is 5.41 Å². The van der Waals surface area contributed by atoms with Crippen LogP contribution in [0.25, 0.3) is 10.8 Å². The molecule has 4 rings (SSSR count). The van der Waals surface area contributed by atoms with Crippen LogP contribution in [0.15, 0.2) is 65.4 Å². The SMILES string of the molecule is N#CC1=C(N)C(C#N)(C#N)[C@@H](c2ccc3ccccc3c2)[C@H]2CCCC=C12. The van der Waals surface area contributed by atoms with Crippen LogP contribution in [0.2, 0.25) is 0 Å². The van der Waals surface area contributed by atoms with Crippen molar-refractivity contribution >= 4 is 10.8 Å². The van der Waals surface area contributed by atoms with Gasteiger partial charge < -0.3 is 5.73 Å². The van der Waals surface area contributed by atoms with Gasteiger partial charge in [-0.2, -0.15) is 15.8 Å². The molecule has 2 N–H and O–H groups in total. The second-order valence-corrected chi connectivity index (χ2v) is 7.21. The summed E-state index contributed by atoms with van der Waals surface area (Å²) < 4.78 is 0. The Labute approximate surface area is 158 Å². The highest BCUT2D eigenvalue weighted by atomic mass is 14.7. The minimum Gasteiger partial charge on any atom is -0.399 e. The topological polar surface area (TPSA) is 97.4 Å². The average molecular weight is 350 g/mol. The van der Waals surface area contributed by atoms with E-state index in [1.165, 1.54) is 0 Å². The lowest BCUT2D eigenvalue weighted by Crippen LogP contribution is -2.42. The van der Waals surface area contributed by atoms with Gasteiger partial charge in [0.25, 0.3) is 0 Å². The predicted octanol–water partition coefficient (Wildman–Crippen LogP) is 4.43. The van der Waals surface area contributed by atoms with E-state index in [1.54, 1.807) is 0 Å². The third-order valence-corrected chi connectivity index (χ3v) is 5.93. The van der Waals surface area contributed by atoms with Crippen LogP contribution in [0.3, 0.4) is 0 Å². The summed E-state index contributed by atoms with van der Waals surface area (Å²) in [7, 11) is 0. The fourth-order valence-corrected chi connectivity index (χ4v) is 4.65. The first-order valence-corrected chi connectivity index (χ1v) is 9.08. The van der Waals surface area contributed by atoms with Gasteiger partial charge in [-0.15, -0.1) is 0 Å². The molecule has 0 aromatic heterocycles. The molecule has 0 saturated carbocycles. The zero-order valence-electron chi connectivity index (χ0n) is 14.8. The van der Waals surface area contributed by atoms with Crippen molar-refractivity contribution in [3.05, 3.63) is 70.9 Å². The fourth-order valence-electron chi connectivity index (χ4n) is 4.65. The van der Waals surface area contributed by atoms with E-state index in [0.717, 1.165) is 41.2 Å². The number of hydrogen-bond acceptors (Lipinski definition) is 4. The standard InChI is InChI=1S/C23H18N4/c24-12-20-18-7-3-4-8-19(18)21(23(13-25,14-26)22(20)27)17-10-9-15-5-1-2-6-16(15)11-17/h1-2,5-7,9-11,19,21H,3-4,8,27H2/t19-,21-/m0/s1. The van der Waals surface area contributed by atoms with Crippen LogP contribution >= 0.6 is 0 Å². The average Bonchev–Trinajstić information content (AvgIpc) is 2.72. The molecule has 0 fully saturated rings. The molecule has 0 aliphatic heterocycles. The van der Waals surface area contributed by atoms with Crippen molar-refractivity contribution in [3.63, 3.8) is 0 Å². The first-order chi connectivity index (χ1) is 13.2. The Morgan fingerprint density at radius 1 is 1.00 bits per heavy atom. The van der Waals surface area contributed by atoms with Crippen molar-refractivity contribution in [1.82, 2.24) is 0 Å². The first kappa shape index (κ1) is 16.9. The fraction of sp³-hybridized carbons (Fsp3) is 0.261. The summed E-state index contributed by atoms with van der Waals surface area (Å²) in [4.78, 5) is 0. The summed E-state index contributed by atoms with van der Waals surface area (Å²) in [5, 5.41) is 31.9. The molecule has 0 bridgehead atoms. The highest BCUT2D eigenvalue weighted by Gasteiger charge is 2.53. The third-order valence-electron chi connectivity index (χ3n) is 5.93. The summed E-state index contributed by atoms with van der Waals surface area (Å²) in [6.07, 6.45) is 4.77. The van der Waals surface area contributed by atoms with E-state index < -0.39 is 5.41 Å². The van der Waals surface area contributed by atoms with Gasteiger partial charge in [-0.25, -0.2) is 0 Å². The number of allylic oxidation sites excluding steroid dienone is 4. The molecule has 0 radical (unpaired) electrons. The number of nitrogens with zero attached hydrogens (tertiary/aromatic N) is 3. The van der Waals surface area contributed by atoms with E-state index in [0.29, 0.717) is 5.57 Å². The normalized spacial score (nSPS) is 23.5. The van der Waals surface area contributed by atoms with Gasteiger partial charge in [0.2, 0.25) is 0 Å². The number of rotatable bonds is 1. The summed E-state index contributed by atoms with van der Waals surface area (Å²) in [5.41, 5.74) is 7.02. The van der Waals surface area contributed by atoms with Crippen LogP contribution in [0.4, 0.5) is 0 Å². The van der Waals surface area contributed by atoms with E-state index in [9.17, 15) is 15.8 Å². The maximum Gasteiger partial charge on any atom is 0.191 e. The lowest BCUT2D eigenvalue weighted by molar-refractivity contribution is 0.318.